The van der Waals surface area contributed by atoms with Crippen molar-refractivity contribution in [2.45, 2.75) is 96.8 Å². The van der Waals surface area contributed by atoms with E-state index in [-0.39, 0.29) is 5.91 Å². The first-order valence-corrected chi connectivity index (χ1v) is 10.6. The van der Waals surface area contributed by atoms with Crippen LogP contribution < -0.4 is 5.32 Å². The highest BCUT2D eigenvalue weighted by atomic mass is 16.1. The summed E-state index contributed by atoms with van der Waals surface area (Å²) in [5.41, 5.74) is 0.814. The molecular weight excluding hydrogens is 322 g/mol. The van der Waals surface area contributed by atoms with Gasteiger partial charge in [-0.15, -0.1) is 0 Å². The van der Waals surface area contributed by atoms with E-state index >= 15 is 0 Å². The van der Waals surface area contributed by atoms with Crippen LogP contribution in [0.25, 0.3) is 0 Å². The summed E-state index contributed by atoms with van der Waals surface area (Å²) in [4.78, 5) is 23.7. The molecule has 3 heteroatoms. The van der Waals surface area contributed by atoms with Gasteiger partial charge in [0, 0.05) is 24.9 Å². The number of rotatable bonds is 16. The molecule has 1 aromatic carbocycles. The minimum atomic E-state index is -0.0112. The van der Waals surface area contributed by atoms with E-state index in [0.717, 1.165) is 18.5 Å². The van der Waals surface area contributed by atoms with Crippen molar-refractivity contribution in [2.75, 3.05) is 5.32 Å². The maximum absolute atomic E-state index is 11.9. The first-order chi connectivity index (χ1) is 12.7. The van der Waals surface area contributed by atoms with Gasteiger partial charge < -0.3 is 5.32 Å². The fourth-order valence-electron chi connectivity index (χ4n) is 3.13. The lowest BCUT2D eigenvalue weighted by Crippen LogP contribution is -2.11. The maximum atomic E-state index is 11.9. The minimum Gasteiger partial charge on any atom is -0.326 e. The zero-order valence-electron chi connectivity index (χ0n) is 16.6. The second-order valence-electron chi connectivity index (χ2n) is 7.24. The molecule has 1 rings (SSSR count). The van der Waals surface area contributed by atoms with Crippen LogP contribution in [-0.4, -0.2) is 11.7 Å². The monoisotopic (exact) mass is 359 g/mol. The smallest absolute Gasteiger partial charge is 0.224 e. The van der Waals surface area contributed by atoms with Crippen molar-refractivity contribution in [3.05, 3.63) is 30.3 Å². The van der Waals surface area contributed by atoms with Gasteiger partial charge in [-0.25, -0.2) is 0 Å². The molecular formula is C23H37NO2. The first kappa shape index (κ1) is 22.4. The van der Waals surface area contributed by atoms with Gasteiger partial charge in [-0.3, -0.25) is 9.59 Å². The SMILES string of the molecule is CCCCCCCCCCCCC(=O)CCCC(=O)Nc1ccccc1. The van der Waals surface area contributed by atoms with Crippen LogP contribution in [0.2, 0.25) is 0 Å². The zero-order valence-corrected chi connectivity index (χ0v) is 16.6. The Balaban J connectivity index is 1.90. The van der Waals surface area contributed by atoms with Crippen LogP contribution in [0, 0.1) is 0 Å². The molecule has 0 aromatic heterocycles. The fourth-order valence-corrected chi connectivity index (χ4v) is 3.13. The topological polar surface area (TPSA) is 46.2 Å². The number of anilines is 1. The van der Waals surface area contributed by atoms with Gasteiger partial charge in [0.05, 0.1) is 0 Å². The number of hydrogen-bond donors (Lipinski definition) is 1. The second kappa shape index (κ2) is 15.6. The molecule has 1 N–H and O–H groups in total. The van der Waals surface area contributed by atoms with Gasteiger partial charge in [0.2, 0.25) is 5.91 Å². The number of benzene rings is 1. The minimum absolute atomic E-state index is 0.0112. The molecule has 0 aliphatic carbocycles. The molecule has 0 atom stereocenters. The van der Waals surface area contributed by atoms with E-state index in [9.17, 15) is 9.59 Å². The molecule has 3 nitrogen and oxygen atoms in total. The Kier molecular flexibility index (Phi) is 13.4. The van der Waals surface area contributed by atoms with Gasteiger partial charge in [0.25, 0.3) is 0 Å². The van der Waals surface area contributed by atoms with Crippen LogP contribution in [0.1, 0.15) is 96.8 Å². The van der Waals surface area contributed by atoms with Crippen LogP contribution in [0.5, 0.6) is 0 Å². The van der Waals surface area contributed by atoms with E-state index in [1.165, 1.54) is 51.4 Å². The largest absolute Gasteiger partial charge is 0.326 e. The predicted octanol–water partition coefficient (Wildman–Crippen LogP) is 6.68. The number of carbonyl (C=O) groups is 2. The molecule has 0 radical (unpaired) electrons. The van der Waals surface area contributed by atoms with Gasteiger partial charge in [-0.2, -0.15) is 0 Å². The van der Waals surface area contributed by atoms with Crippen LogP contribution in [0.3, 0.4) is 0 Å². The third-order valence-corrected chi connectivity index (χ3v) is 4.73. The molecule has 0 unspecified atom stereocenters. The third-order valence-electron chi connectivity index (χ3n) is 4.73. The van der Waals surface area contributed by atoms with Crippen molar-refractivity contribution in [3.63, 3.8) is 0 Å². The molecule has 0 aliphatic heterocycles. The Morgan fingerprint density at radius 1 is 0.692 bits per heavy atom. The van der Waals surface area contributed by atoms with Crippen molar-refractivity contribution >= 4 is 17.4 Å². The molecule has 0 aliphatic rings. The van der Waals surface area contributed by atoms with Gasteiger partial charge in [-0.1, -0.05) is 82.9 Å². The lowest BCUT2D eigenvalue weighted by Gasteiger charge is -2.05. The Bertz CT molecular complexity index is 484. The lowest BCUT2D eigenvalue weighted by molar-refractivity contribution is -0.119. The Hall–Kier alpha value is -1.64. The molecule has 146 valence electrons. The van der Waals surface area contributed by atoms with E-state index in [2.05, 4.69) is 12.2 Å². The number of ketones is 1. The summed E-state index contributed by atoms with van der Waals surface area (Å²) < 4.78 is 0. The van der Waals surface area contributed by atoms with E-state index in [1.807, 2.05) is 30.3 Å². The van der Waals surface area contributed by atoms with E-state index in [1.54, 1.807) is 0 Å². The molecule has 0 saturated heterocycles. The number of amides is 1. The second-order valence-corrected chi connectivity index (χ2v) is 7.24. The number of unbranched alkanes of at least 4 members (excludes halogenated alkanes) is 9. The molecule has 0 fully saturated rings. The zero-order chi connectivity index (χ0) is 18.9. The summed E-state index contributed by atoms with van der Waals surface area (Å²) in [6, 6.07) is 9.45. The molecule has 0 bridgehead atoms. The molecule has 0 saturated carbocycles. The molecule has 26 heavy (non-hydrogen) atoms. The Labute approximate surface area is 160 Å². The van der Waals surface area contributed by atoms with Gasteiger partial charge in [-0.05, 0) is 25.0 Å². The standard InChI is InChI=1S/C23H37NO2/c1-2-3-4-5-6-7-8-9-10-14-18-22(25)19-15-20-23(26)24-21-16-12-11-13-17-21/h11-13,16-17H,2-10,14-15,18-20H2,1H3,(H,24,26). The molecule has 0 spiro atoms. The van der Waals surface area contributed by atoms with Gasteiger partial charge in [0.15, 0.2) is 0 Å². The average molecular weight is 360 g/mol. The first-order valence-electron chi connectivity index (χ1n) is 10.6. The summed E-state index contributed by atoms with van der Waals surface area (Å²) in [5, 5.41) is 2.85. The van der Waals surface area contributed by atoms with Crippen LogP contribution >= 0.6 is 0 Å². The number of para-hydroxylation sites is 1. The summed E-state index contributed by atoms with van der Waals surface area (Å²) >= 11 is 0. The lowest BCUT2D eigenvalue weighted by atomic mass is 10.0. The predicted molar refractivity (Wildman–Crippen MR) is 110 cm³/mol. The van der Waals surface area contributed by atoms with Crippen LogP contribution in [-0.2, 0) is 9.59 Å². The summed E-state index contributed by atoms with van der Waals surface area (Å²) in [6.07, 6.45) is 15.1. The van der Waals surface area contributed by atoms with Crippen LogP contribution in [0.4, 0.5) is 5.69 Å². The van der Waals surface area contributed by atoms with Crippen molar-refractivity contribution in [1.29, 1.82) is 0 Å². The highest BCUT2D eigenvalue weighted by Crippen LogP contribution is 2.12. The van der Waals surface area contributed by atoms with Gasteiger partial charge >= 0.3 is 0 Å². The van der Waals surface area contributed by atoms with E-state index in [4.69, 9.17) is 0 Å². The number of hydrogen-bond acceptors (Lipinski definition) is 2. The maximum Gasteiger partial charge on any atom is 0.224 e. The molecule has 0 heterocycles. The summed E-state index contributed by atoms with van der Waals surface area (Å²) in [7, 11) is 0. The highest BCUT2D eigenvalue weighted by Gasteiger charge is 2.06. The van der Waals surface area contributed by atoms with Crippen molar-refractivity contribution in [3.8, 4) is 0 Å². The third kappa shape index (κ3) is 12.7. The number of Topliss-reactive ketones (excluding diaryl/α,β-unsaturated/α-hetero) is 1. The van der Waals surface area contributed by atoms with E-state index < -0.39 is 0 Å². The number of carbonyl (C=O) groups excluding carboxylic acids is 2. The quantitative estimate of drug-likeness (QED) is 0.335. The summed E-state index contributed by atoms with van der Waals surface area (Å²) in [5.74, 6) is 0.292. The Morgan fingerprint density at radius 3 is 1.85 bits per heavy atom. The van der Waals surface area contributed by atoms with Crippen LogP contribution in [0.15, 0.2) is 30.3 Å². The number of nitrogens with one attached hydrogen (secondary N) is 1. The Morgan fingerprint density at radius 2 is 1.23 bits per heavy atom. The van der Waals surface area contributed by atoms with E-state index in [0.29, 0.717) is 31.5 Å². The highest BCUT2D eigenvalue weighted by molar-refractivity contribution is 5.91. The summed E-state index contributed by atoms with van der Waals surface area (Å²) in [6.45, 7) is 2.25. The fraction of sp³-hybridized carbons (Fsp3) is 0.652. The normalized spacial score (nSPS) is 10.7. The van der Waals surface area contributed by atoms with Crippen molar-refractivity contribution in [2.24, 2.45) is 0 Å². The molecule has 1 aromatic rings. The molecule has 1 amide bonds. The van der Waals surface area contributed by atoms with Gasteiger partial charge in [0.1, 0.15) is 5.78 Å². The average Bonchev–Trinajstić information content (AvgIpc) is 2.64. The van der Waals surface area contributed by atoms with Crippen molar-refractivity contribution < 1.29 is 9.59 Å². The van der Waals surface area contributed by atoms with Crippen molar-refractivity contribution in [1.82, 2.24) is 0 Å².